The molecule has 0 fully saturated rings. The minimum absolute atomic E-state index is 0.618. The smallest absolute Gasteiger partial charge is 0.161 e. The molecule has 0 aliphatic heterocycles. The van der Waals surface area contributed by atoms with Crippen molar-refractivity contribution in [1.29, 1.82) is 0 Å². The monoisotopic (exact) mass is 283 g/mol. The number of benzene rings is 2. The summed E-state index contributed by atoms with van der Waals surface area (Å²) in [4.78, 5) is 4.49. The van der Waals surface area contributed by atoms with Crippen molar-refractivity contribution in [3.63, 3.8) is 0 Å². The number of ether oxygens (including phenoxy) is 2. The molecule has 0 atom stereocenters. The third-order valence-electron chi connectivity index (χ3n) is 3.49. The molecule has 0 saturated carbocycles. The second-order valence-corrected chi connectivity index (χ2v) is 5.00. The summed E-state index contributed by atoms with van der Waals surface area (Å²) in [6.07, 6.45) is 1.91. The van der Waals surface area contributed by atoms with E-state index in [0.717, 1.165) is 22.6 Å². The van der Waals surface area contributed by atoms with Crippen LogP contribution in [-0.2, 0) is 6.54 Å². The second-order valence-electron chi connectivity index (χ2n) is 5.00. The molecule has 0 heterocycles. The van der Waals surface area contributed by atoms with Crippen LogP contribution in [0.5, 0.6) is 11.5 Å². The Morgan fingerprint density at radius 2 is 1.67 bits per heavy atom. The van der Waals surface area contributed by atoms with E-state index < -0.39 is 0 Å². The lowest BCUT2D eigenvalue weighted by Gasteiger charge is -2.08. The van der Waals surface area contributed by atoms with Gasteiger partial charge in [-0.15, -0.1) is 0 Å². The van der Waals surface area contributed by atoms with Crippen molar-refractivity contribution in [2.24, 2.45) is 4.99 Å². The number of aliphatic imine (C=N–C) groups is 1. The van der Waals surface area contributed by atoms with Crippen LogP contribution in [0.15, 0.2) is 41.4 Å². The molecular formula is C18H21NO2. The molecule has 0 unspecified atom stereocenters. The summed E-state index contributed by atoms with van der Waals surface area (Å²) >= 11 is 0. The minimum Gasteiger partial charge on any atom is -0.493 e. The van der Waals surface area contributed by atoms with Crippen LogP contribution < -0.4 is 9.47 Å². The first-order valence-corrected chi connectivity index (χ1v) is 6.92. The highest BCUT2D eigenvalue weighted by Gasteiger charge is 2.03. The fourth-order valence-corrected chi connectivity index (χ4v) is 2.08. The Morgan fingerprint density at radius 1 is 0.905 bits per heavy atom. The zero-order chi connectivity index (χ0) is 15.2. The third-order valence-corrected chi connectivity index (χ3v) is 3.49. The van der Waals surface area contributed by atoms with E-state index in [4.69, 9.17) is 9.47 Å². The number of nitrogens with zero attached hydrogens (tertiary/aromatic N) is 1. The summed E-state index contributed by atoms with van der Waals surface area (Å²) in [5, 5.41) is 0. The average Bonchev–Trinajstić information content (AvgIpc) is 2.50. The van der Waals surface area contributed by atoms with Crippen molar-refractivity contribution in [2.75, 3.05) is 14.2 Å². The van der Waals surface area contributed by atoms with Gasteiger partial charge < -0.3 is 9.47 Å². The van der Waals surface area contributed by atoms with Gasteiger partial charge in [0.1, 0.15) is 0 Å². The normalized spacial score (nSPS) is 10.9. The van der Waals surface area contributed by atoms with Gasteiger partial charge in [0.2, 0.25) is 0 Å². The summed E-state index contributed by atoms with van der Waals surface area (Å²) in [5.74, 6) is 1.47. The lowest BCUT2D eigenvalue weighted by atomic mass is 10.1. The van der Waals surface area contributed by atoms with Gasteiger partial charge in [-0.3, -0.25) is 4.99 Å². The van der Waals surface area contributed by atoms with Crippen molar-refractivity contribution in [3.8, 4) is 11.5 Å². The number of rotatable bonds is 5. The Labute approximate surface area is 126 Å². The molecule has 2 aromatic rings. The van der Waals surface area contributed by atoms with Crippen molar-refractivity contribution in [2.45, 2.75) is 20.4 Å². The fourth-order valence-electron chi connectivity index (χ4n) is 2.08. The lowest BCUT2D eigenvalue weighted by molar-refractivity contribution is 0.354. The highest BCUT2D eigenvalue weighted by molar-refractivity contribution is 5.80. The van der Waals surface area contributed by atoms with Crippen molar-refractivity contribution in [1.82, 2.24) is 0 Å². The molecule has 21 heavy (non-hydrogen) atoms. The molecule has 0 saturated heterocycles. The van der Waals surface area contributed by atoms with E-state index >= 15 is 0 Å². The summed E-state index contributed by atoms with van der Waals surface area (Å²) in [6.45, 7) is 4.84. The molecule has 0 aliphatic rings. The van der Waals surface area contributed by atoms with E-state index in [1.807, 2.05) is 24.4 Å². The van der Waals surface area contributed by atoms with Gasteiger partial charge in [-0.1, -0.05) is 24.3 Å². The van der Waals surface area contributed by atoms with Gasteiger partial charge in [0.15, 0.2) is 11.5 Å². The van der Waals surface area contributed by atoms with E-state index in [2.05, 4.69) is 37.0 Å². The molecule has 0 aliphatic carbocycles. The van der Waals surface area contributed by atoms with Crippen LogP contribution in [0, 0.1) is 13.8 Å². The molecule has 0 N–H and O–H groups in total. The van der Waals surface area contributed by atoms with Gasteiger partial charge in [0, 0.05) is 6.21 Å². The SMILES string of the molecule is COc1ccc(CN=Cc2ccc(C)c(C)c2)cc1OC. The highest BCUT2D eigenvalue weighted by Crippen LogP contribution is 2.27. The molecule has 3 heteroatoms. The van der Waals surface area contributed by atoms with Crippen LogP contribution in [0.1, 0.15) is 22.3 Å². The van der Waals surface area contributed by atoms with E-state index in [0.29, 0.717) is 6.54 Å². The van der Waals surface area contributed by atoms with Crippen LogP contribution in [0.25, 0.3) is 0 Å². The lowest BCUT2D eigenvalue weighted by Crippen LogP contribution is -1.92. The Morgan fingerprint density at radius 3 is 2.33 bits per heavy atom. The average molecular weight is 283 g/mol. The Balaban J connectivity index is 2.08. The third kappa shape index (κ3) is 3.85. The topological polar surface area (TPSA) is 30.8 Å². The zero-order valence-electron chi connectivity index (χ0n) is 13.0. The largest absolute Gasteiger partial charge is 0.493 e. The Bertz CT molecular complexity index is 648. The van der Waals surface area contributed by atoms with Crippen LogP contribution in [0.4, 0.5) is 0 Å². The van der Waals surface area contributed by atoms with E-state index in [9.17, 15) is 0 Å². The number of hydrogen-bond acceptors (Lipinski definition) is 3. The van der Waals surface area contributed by atoms with Gasteiger partial charge in [-0.2, -0.15) is 0 Å². The molecule has 2 rings (SSSR count). The quantitative estimate of drug-likeness (QED) is 0.778. The van der Waals surface area contributed by atoms with E-state index in [1.54, 1.807) is 14.2 Å². The van der Waals surface area contributed by atoms with Gasteiger partial charge in [-0.25, -0.2) is 0 Å². The summed E-state index contributed by atoms with van der Waals surface area (Å²) in [7, 11) is 3.27. The molecule has 0 radical (unpaired) electrons. The first kappa shape index (κ1) is 15.1. The summed E-state index contributed by atoms with van der Waals surface area (Å²) < 4.78 is 10.5. The van der Waals surface area contributed by atoms with Gasteiger partial charge in [-0.05, 0) is 48.2 Å². The van der Waals surface area contributed by atoms with Gasteiger partial charge in [0.05, 0.1) is 20.8 Å². The van der Waals surface area contributed by atoms with E-state index in [-0.39, 0.29) is 0 Å². The standard InChI is InChI=1S/C18H21NO2/c1-13-5-6-15(9-14(13)2)11-19-12-16-7-8-17(20-3)18(10-16)21-4/h5-11H,12H2,1-4H3. The van der Waals surface area contributed by atoms with Crippen molar-refractivity contribution >= 4 is 6.21 Å². The van der Waals surface area contributed by atoms with Crippen LogP contribution in [0.2, 0.25) is 0 Å². The molecule has 0 amide bonds. The van der Waals surface area contributed by atoms with Crippen molar-refractivity contribution in [3.05, 3.63) is 58.7 Å². The molecule has 0 spiro atoms. The number of aryl methyl sites for hydroxylation is 2. The van der Waals surface area contributed by atoms with E-state index in [1.165, 1.54) is 11.1 Å². The van der Waals surface area contributed by atoms with Crippen molar-refractivity contribution < 1.29 is 9.47 Å². The molecule has 0 bridgehead atoms. The highest BCUT2D eigenvalue weighted by atomic mass is 16.5. The molecule has 2 aromatic carbocycles. The predicted octanol–water partition coefficient (Wildman–Crippen LogP) is 3.94. The maximum absolute atomic E-state index is 5.29. The second kappa shape index (κ2) is 6.93. The van der Waals surface area contributed by atoms with Crippen LogP contribution in [0.3, 0.4) is 0 Å². The predicted molar refractivity (Wildman–Crippen MR) is 86.8 cm³/mol. The van der Waals surface area contributed by atoms with Crippen LogP contribution >= 0.6 is 0 Å². The summed E-state index contributed by atoms with van der Waals surface area (Å²) in [5.41, 5.74) is 4.79. The molecular weight excluding hydrogens is 262 g/mol. The maximum Gasteiger partial charge on any atom is 0.161 e. The zero-order valence-corrected chi connectivity index (χ0v) is 13.0. The Hall–Kier alpha value is -2.29. The fraction of sp³-hybridized carbons (Fsp3) is 0.278. The van der Waals surface area contributed by atoms with Crippen LogP contribution in [-0.4, -0.2) is 20.4 Å². The molecule has 3 nitrogen and oxygen atoms in total. The van der Waals surface area contributed by atoms with Gasteiger partial charge in [0.25, 0.3) is 0 Å². The molecule has 110 valence electrons. The Kier molecular flexibility index (Phi) is 4.99. The first-order chi connectivity index (χ1) is 10.1. The summed E-state index contributed by atoms with van der Waals surface area (Å²) in [6, 6.07) is 12.2. The molecule has 0 aromatic heterocycles. The number of hydrogen-bond donors (Lipinski definition) is 0. The number of methoxy groups -OCH3 is 2. The first-order valence-electron chi connectivity index (χ1n) is 6.92. The minimum atomic E-state index is 0.618. The maximum atomic E-state index is 5.29. The van der Waals surface area contributed by atoms with Gasteiger partial charge >= 0.3 is 0 Å².